The number of pyridine rings is 1. The van der Waals surface area contributed by atoms with E-state index in [9.17, 15) is 0 Å². The van der Waals surface area contributed by atoms with Crippen molar-refractivity contribution in [2.24, 2.45) is 0 Å². The van der Waals surface area contributed by atoms with Crippen molar-refractivity contribution in [3.05, 3.63) is 24.4 Å². The molecule has 0 aromatic carbocycles. The van der Waals surface area contributed by atoms with Crippen LogP contribution in [0.25, 0.3) is 0 Å². The summed E-state index contributed by atoms with van der Waals surface area (Å²) >= 11 is 0. The van der Waals surface area contributed by atoms with Gasteiger partial charge in [0.2, 0.25) is 0 Å². The zero-order chi connectivity index (χ0) is 10.9. The van der Waals surface area contributed by atoms with Crippen LogP contribution in [0.5, 0.6) is 0 Å². The molecule has 70 valence electrons. The first-order valence-corrected chi connectivity index (χ1v) is 4.39. The summed E-state index contributed by atoms with van der Waals surface area (Å²) < 4.78 is 21.0. The van der Waals surface area contributed by atoms with Gasteiger partial charge in [-0.1, -0.05) is 6.07 Å². The molecule has 1 fully saturated rings. The number of rotatable bonds is 1. The Morgan fingerprint density at radius 3 is 3.31 bits per heavy atom. The summed E-state index contributed by atoms with van der Waals surface area (Å²) in [7, 11) is 0. The Kier molecular flexibility index (Phi) is 1.84. The first-order chi connectivity index (χ1) is 7.11. The summed E-state index contributed by atoms with van der Waals surface area (Å²) in [5.74, 6) is 0.665. The second kappa shape index (κ2) is 3.75. The molecule has 2 heterocycles. The van der Waals surface area contributed by atoms with E-state index in [0.29, 0.717) is 12.4 Å². The Labute approximate surface area is 81.2 Å². The van der Waals surface area contributed by atoms with Crippen LogP contribution in [0.2, 0.25) is 0 Å². The minimum Gasteiger partial charge on any atom is -0.377 e. The van der Waals surface area contributed by atoms with Gasteiger partial charge in [0.1, 0.15) is 5.82 Å². The van der Waals surface area contributed by atoms with E-state index >= 15 is 0 Å². The van der Waals surface area contributed by atoms with Gasteiger partial charge in [-0.25, -0.2) is 4.98 Å². The first-order valence-electron chi connectivity index (χ1n) is 5.39. The molecule has 1 aromatic rings. The quantitative estimate of drug-likeness (QED) is 0.651. The second-order valence-electron chi connectivity index (χ2n) is 3.08. The number of ether oxygens (including phenoxy) is 1. The zero-order valence-electron chi connectivity index (χ0n) is 9.60. The molecular formula is C10H14N2O. The monoisotopic (exact) mass is 180 g/mol. The molecule has 0 saturated carbocycles. The Morgan fingerprint density at radius 1 is 1.69 bits per heavy atom. The molecule has 0 radical (unpaired) electrons. The fraction of sp³-hybridized carbons (Fsp3) is 0.500. The molecule has 0 N–H and O–H groups in total. The molecule has 0 unspecified atom stereocenters. The molecule has 1 saturated heterocycles. The van der Waals surface area contributed by atoms with Crippen LogP contribution >= 0.6 is 0 Å². The molecule has 3 heteroatoms. The van der Waals surface area contributed by atoms with Crippen molar-refractivity contribution in [2.45, 2.75) is 13.0 Å². The molecule has 1 aliphatic rings. The lowest BCUT2D eigenvalue weighted by Gasteiger charge is -2.34. The van der Waals surface area contributed by atoms with Crippen molar-refractivity contribution in [3.8, 4) is 0 Å². The van der Waals surface area contributed by atoms with E-state index in [1.54, 1.807) is 11.1 Å². The molecule has 0 bridgehead atoms. The highest BCUT2D eigenvalue weighted by molar-refractivity contribution is 5.39. The van der Waals surface area contributed by atoms with Crippen LogP contribution in [-0.2, 0) is 4.74 Å². The van der Waals surface area contributed by atoms with Crippen LogP contribution in [-0.4, -0.2) is 30.7 Å². The van der Waals surface area contributed by atoms with Crippen molar-refractivity contribution in [1.82, 2.24) is 4.98 Å². The maximum Gasteiger partial charge on any atom is 0.128 e. The lowest BCUT2D eigenvalue weighted by molar-refractivity contribution is 0.0985. The maximum atomic E-state index is 7.88. The first kappa shape index (κ1) is 6.38. The third kappa shape index (κ3) is 1.80. The molecule has 13 heavy (non-hydrogen) atoms. The predicted molar refractivity (Wildman–Crippen MR) is 51.9 cm³/mol. The summed E-state index contributed by atoms with van der Waals surface area (Å²) in [5, 5.41) is 0. The standard InChI is InChI=1S/C10H14N2O/c1-9-8-13-7-6-12(9)10-4-2-3-5-11-10/h2-5,9H,6-8H2,1H3/t9-/m0/s1/i6D2. The van der Waals surface area contributed by atoms with E-state index in [1.807, 2.05) is 25.1 Å². The molecular weight excluding hydrogens is 164 g/mol. The minimum atomic E-state index is -1.48. The third-order valence-corrected chi connectivity index (χ3v) is 2.03. The van der Waals surface area contributed by atoms with E-state index in [2.05, 4.69) is 4.98 Å². The average Bonchev–Trinajstić information content (AvgIpc) is 2.17. The van der Waals surface area contributed by atoms with Crippen LogP contribution in [0.1, 0.15) is 9.67 Å². The van der Waals surface area contributed by atoms with Gasteiger partial charge in [-0.2, -0.15) is 0 Å². The number of hydrogen-bond donors (Lipinski definition) is 0. The van der Waals surface area contributed by atoms with E-state index in [4.69, 9.17) is 7.48 Å². The van der Waals surface area contributed by atoms with Gasteiger partial charge in [0, 0.05) is 12.7 Å². The van der Waals surface area contributed by atoms with Crippen LogP contribution in [0, 0.1) is 0 Å². The fourth-order valence-corrected chi connectivity index (χ4v) is 1.38. The smallest absolute Gasteiger partial charge is 0.128 e. The van der Waals surface area contributed by atoms with E-state index in [0.717, 1.165) is 0 Å². The number of morpholine rings is 1. The maximum absolute atomic E-state index is 7.88. The molecule has 0 amide bonds. The second-order valence-corrected chi connectivity index (χ2v) is 3.08. The average molecular weight is 180 g/mol. The van der Waals surface area contributed by atoms with Gasteiger partial charge in [-0.05, 0) is 19.1 Å². The highest BCUT2D eigenvalue weighted by atomic mass is 16.5. The number of aromatic nitrogens is 1. The topological polar surface area (TPSA) is 25.4 Å². The predicted octanol–water partition coefficient (Wildman–Crippen LogP) is 1.31. The Hall–Kier alpha value is -1.09. The van der Waals surface area contributed by atoms with Crippen LogP contribution < -0.4 is 4.90 Å². The Balaban J connectivity index is 2.32. The van der Waals surface area contributed by atoms with Crippen molar-refractivity contribution in [1.29, 1.82) is 0 Å². The molecule has 1 aromatic heterocycles. The fourth-order valence-electron chi connectivity index (χ4n) is 1.38. The number of anilines is 1. The lowest BCUT2D eigenvalue weighted by Crippen LogP contribution is -2.44. The van der Waals surface area contributed by atoms with E-state index in [-0.39, 0.29) is 12.6 Å². The van der Waals surface area contributed by atoms with Gasteiger partial charge in [0.05, 0.1) is 22.0 Å². The van der Waals surface area contributed by atoms with Crippen molar-refractivity contribution in [2.75, 3.05) is 24.6 Å². The Bertz CT molecular complexity index is 331. The van der Waals surface area contributed by atoms with E-state index < -0.39 is 6.50 Å². The molecule has 3 nitrogen and oxygen atoms in total. The molecule has 0 spiro atoms. The number of hydrogen-bond acceptors (Lipinski definition) is 3. The van der Waals surface area contributed by atoms with Crippen LogP contribution in [0.15, 0.2) is 24.4 Å². The summed E-state index contributed by atoms with van der Waals surface area (Å²) in [6.07, 6.45) is 1.67. The molecule has 1 atom stereocenters. The molecule has 0 aliphatic carbocycles. The van der Waals surface area contributed by atoms with Gasteiger partial charge in [-0.3, -0.25) is 0 Å². The molecule has 2 rings (SSSR count). The number of nitrogens with zero attached hydrogens (tertiary/aromatic N) is 2. The zero-order valence-corrected chi connectivity index (χ0v) is 7.60. The summed E-state index contributed by atoms with van der Waals surface area (Å²) in [6, 6.07) is 5.51. The van der Waals surface area contributed by atoms with Crippen molar-refractivity contribution >= 4 is 5.82 Å². The van der Waals surface area contributed by atoms with Gasteiger partial charge >= 0.3 is 0 Å². The van der Waals surface area contributed by atoms with Crippen molar-refractivity contribution in [3.63, 3.8) is 0 Å². The minimum absolute atomic E-state index is 0.00338. The van der Waals surface area contributed by atoms with Gasteiger partial charge in [0.15, 0.2) is 0 Å². The summed E-state index contributed by atoms with van der Waals surface area (Å²) in [5.41, 5.74) is 0. The van der Waals surface area contributed by atoms with E-state index in [1.165, 1.54) is 0 Å². The summed E-state index contributed by atoms with van der Waals surface area (Å²) in [4.78, 5) is 5.86. The van der Waals surface area contributed by atoms with Crippen LogP contribution in [0.4, 0.5) is 5.82 Å². The Morgan fingerprint density at radius 2 is 2.62 bits per heavy atom. The third-order valence-electron chi connectivity index (χ3n) is 2.03. The molecule has 1 aliphatic heterocycles. The van der Waals surface area contributed by atoms with Gasteiger partial charge < -0.3 is 9.64 Å². The van der Waals surface area contributed by atoms with Gasteiger partial charge in [0.25, 0.3) is 0 Å². The van der Waals surface area contributed by atoms with Crippen molar-refractivity contribution < 1.29 is 7.48 Å². The normalized spacial score (nSPS) is 29.3. The summed E-state index contributed by atoms with van der Waals surface area (Å²) in [6.45, 7) is 1.09. The highest BCUT2D eigenvalue weighted by Gasteiger charge is 2.19. The lowest BCUT2D eigenvalue weighted by atomic mass is 10.2. The van der Waals surface area contributed by atoms with Gasteiger partial charge in [-0.15, -0.1) is 0 Å². The largest absolute Gasteiger partial charge is 0.377 e. The van der Waals surface area contributed by atoms with Crippen LogP contribution in [0.3, 0.4) is 0 Å². The highest BCUT2D eigenvalue weighted by Crippen LogP contribution is 2.15. The SMILES string of the molecule is [2H]C1([2H])COC[C@H](C)N1c1ccccn1.